The summed E-state index contributed by atoms with van der Waals surface area (Å²) in [7, 11) is 1.51. The van der Waals surface area contributed by atoms with Gasteiger partial charge in [-0.05, 0) is 50.1 Å². The number of rotatable bonds is 3. The molecule has 0 aliphatic carbocycles. The van der Waals surface area contributed by atoms with Crippen LogP contribution in [0.3, 0.4) is 0 Å². The summed E-state index contributed by atoms with van der Waals surface area (Å²) in [6.45, 7) is 5.74. The molecule has 0 bridgehead atoms. The van der Waals surface area contributed by atoms with Crippen molar-refractivity contribution in [2.24, 2.45) is 0 Å². The smallest absolute Gasteiger partial charge is 0.314 e. The van der Waals surface area contributed by atoms with Crippen LogP contribution in [0.4, 0.5) is 11.4 Å². The van der Waals surface area contributed by atoms with Crippen molar-refractivity contribution in [2.45, 2.75) is 20.8 Å². The molecule has 2 rings (SSSR count). The van der Waals surface area contributed by atoms with Crippen LogP contribution in [0.15, 0.2) is 36.4 Å². The van der Waals surface area contributed by atoms with Crippen LogP contribution in [-0.2, 0) is 9.59 Å². The fraction of sp³-hybridized carbons (Fsp3) is 0.222. The predicted octanol–water partition coefficient (Wildman–Crippen LogP) is 3.20. The van der Waals surface area contributed by atoms with Crippen LogP contribution in [0.5, 0.6) is 5.75 Å². The van der Waals surface area contributed by atoms with Crippen molar-refractivity contribution in [3.63, 3.8) is 0 Å². The zero-order chi connectivity index (χ0) is 17.0. The number of aryl methyl sites for hydroxylation is 3. The Morgan fingerprint density at radius 1 is 0.826 bits per heavy atom. The summed E-state index contributed by atoms with van der Waals surface area (Å²) in [4.78, 5) is 24.2. The Kier molecular flexibility index (Phi) is 5.01. The van der Waals surface area contributed by atoms with Gasteiger partial charge in [-0.1, -0.05) is 23.8 Å². The molecule has 0 unspecified atom stereocenters. The van der Waals surface area contributed by atoms with Crippen LogP contribution in [0.1, 0.15) is 16.7 Å². The van der Waals surface area contributed by atoms with Gasteiger partial charge in [0.05, 0.1) is 12.8 Å². The molecule has 23 heavy (non-hydrogen) atoms. The van der Waals surface area contributed by atoms with Crippen molar-refractivity contribution in [1.82, 2.24) is 0 Å². The van der Waals surface area contributed by atoms with Gasteiger partial charge < -0.3 is 15.4 Å². The summed E-state index contributed by atoms with van der Waals surface area (Å²) in [6, 6.07) is 11.0. The van der Waals surface area contributed by atoms with Crippen LogP contribution in [-0.4, -0.2) is 18.9 Å². The van der Waals surface area contributed by atoms with E-state index in [0.29, 0.717) is 17.1 Å². The lowest BCUT2D eigenvalue weighted by atomic mass is 10.1. The first-order chi connectivity index (χ1) is 10.9. The highest BCUT2D eigenvalue weighted by molar-refractivity contribution is 6.43. The fourth-order valence-electron chi connectivity index (χ4n) is 2.23. The largest absolute Gasteiger partial charge is 0.495 e. The maximum absolute atomic E-state index is 12.1. The molecule has 0 saturated heterocycles. The molecule has 5 nitrogen and oxygen atoms in total. The summed E-state index contributed by atoms with van der Waals surface area (Å²) >= 11 is 0. The number of ether oxygens (including phenoxy) is 1. The Morgan fingerprint density at radius 3 is 2.00 bits per heavy atom. The first-order valence-corrected chi connectivity index (χ1v) is 7.25. The van der Waals surface area contributed by atoms with E-state index in [2.05, 4.69) is 10.6 Å². The van der Waals surface area contributed by atoms with E-state index < -0.39 is 11.8 Å². The van der Waals surface area contributed by atoms with Gasteiger partial charge >= 0.3 is 11.8 Å². The molecule has 0 radical (unpaired) electrons. The number of hydrogen-bond acceptors (Lipinski definition) is 3. The molecule has 0 aliphatic rings. The maximum Gasteiger partial charge on any atom is 0.314 e. The second kappa shape index (κ2) is 6.96. The highest BCUT2D eigenvalue weighted by Crippen LogP contribution is 2.25. The lowest BCUT2D eigenvalue weighted by Gasteiger charge is -2.12. The molecule has 0 aliphatic heterocycles. The van der Waals surface area contributed by atoms with Crippen molar-refractivity contribution in [3.05, 3.63) is 53.1 Å². The summed E-state index contributed by atoms with van der Waals surface area (Å²) in [5, 5.41) is 5.19. The summed E-state index contributed by atoms with van der Waals surface area (Å²) in [5.74, 6) is -0.961. The van der Waals surface area contributed by atoms with Gasteiger partial charge in [-0.2, -0.15) is 0 Å². The number of anilines is 2. The molecular formula is C18H20N2O3. The van der Waals surface area contributed by atoms with E-state index in [1.807, 2.05) is 39.0 Å². The van der Waals surface area contributed by atoms with Crippen LogP contribution in [0, 0.1) is 20.8 Å². The SMILES string of the molecule is COc1ccc(C)cc1NC(=O)C(=O)Nc1ccc(C)cc1C. The lowest BCUT2D eigenvalue weighted by Crippen LogP contribution is -2.29. The molecule has 120 valence electrons. The first kappa shape index (κ1) is 16.5. The normalized spacial score (nSPS) is 10.1. The van der Waals surface area contributed by atoms with Gasteiger partial charge in [-0.25, -0.2) is 0 Å². The highest BCUT2D eigenvalue weighted by atomic mass is 16.5. The van der Waals surface area contributed by atoms with Crippen LogP contribution in [0.25, 0.3) is 0 Å². The predicted molar refractivity (Wildman–Crippen MR) is 90.9 cm³/mol. The minimum Gasteiger partial charge on any atom is -0.495 e. The Balaban J connectivity index is 2.11. The number of hydrogen-bond donors (Lipinski definition) is 2. The molecule has 2 aromatic rings. The third kappa shape index (κ3) is 4.10. The quantitative estimate of drug-likeness (QED) is 0.855. The number of nitrogens with one attached hydrogen (secondary N) is 2. The van der Waals surface area contributed by atoms with Gasteiger partial charge in [0.1, 0.15) is 5.75 Å². The topological polar surface area (TPSA) is 67.4 Å². The molecule has 2 amide bonds. The van der Waals surface area contributed by atoms with Crippen molar-refractivity contribution in [3.8, 4) is 5.75 Å². The molecule has 5 heteroatoms. The summed E-state index contributed by atoms with van der Waals surface area (Å²) in [6.07, 6.45) is 0. The van der Waals surface area contributed by atoms with Crippen molar-refractivity contribution in [2.75, 3.05) is 17.7 Å². The zero-order valence-electron chi connectivity index (χ0n) is 13.7. The first-order valence-electron chi connectivity index (χ1n) is 7.25. The van der Waals surface area contributed by atoms with Crippen LogP contribution >= 0.6 is 0 Å². The van der Waals surface area contributed by atoms with E-state index in [4.69, 9.17) is 4.74 Å². The third-order valence-electron chi connectivity index (χ3n) is 3.44. The molecule has 0 atom stereocenters. The fourth-order valence-corrected chi connectivity index (χ4v) is 2.23. The highest BCUT2D eigenvalue weighted by Gasteiger charge is 2.17. The average Bonchev–Trinajstić information content (AvgIpc) is 2.50. The minimum absolute atomic E-state index is 0.466. The molecule has 0 aromatic heterocycles. The Morgan fingerprint density at radius 2 is 1.39 bits per heavy atom. The molecule has 2 aromatic carbocycles. The summed E-state index contributed by atoms with van der Waals surface area (Å²) < 4.78 is 5.19. The lowest BCUT2D eigenvalue weighted by molar-refractivity contribution is -0.133. The van der Waals surface area contributed by atoms with Crippen LogP contribution < -0.4 is 15.4 Å². The minimum atomic E-state index is -0.742. The second-order valence-corrected chi connectivity index (χ2v) is 5.43. The van der Waals surface area contributed by atoms with Gasteiger partial charge in [0.2, 0.25) is 0 Å². The molecule has 0 spiro atoms. The van der Waals surface area contributed by atoms with Crippen molar-refractivity contribution < 1.29 is 14.3 Å². The third-order valence-corrected chi connectivity index (χ3v) is 3.44. The number of carbonyl (C=O) groups excluding carboxylic acids is 2. The van der Waals surface area contributed by atoms with E-state index in [1.165, 1.54) is 7.11 Å². The van der Waals surface area contributed by atoms with Crippen molar-refractivity contribution >= 4 is 23.2 Å². The molecule has 2 N–H and O–H groups in total. The molecule has 0 fully saturated rings. The van der Waals surface area contributed by atoms with Gasteiger partial charge in [0, 0.05) is 5.69 Å². The maximum atomic E-state index is 12.1. The van der Waals surface area contributed by atoms with Crippen LogP contribution in [0.2, 0.25) is 0 Å². The Hall–Kier alpha value is -2.82. The van der Waals surface area contributed by atoms with E-state index in [9.17, 15) is 9.59 Å². The van der Waals surface area contributed by atoms with Gasteiger partial charge in [0.25, 0.3) is 0 Å². The average molecular weight is 312 g/mol. The standard InChI is InChI=1S/C18H20N2O3/c1-11-5-7-14(13(3)9-11)19-17(21)18(22)20-15-10-12(2)6-8-16(15)23-4/h5-10H,1-4H3,(H,19,21)(H,20,22). The second-order valence-electron chi connectivity index (χ2n) is 5.43. The van der Waals surface area contributed by atoms with E-state index in [-0.39, 0.29) is 0 Å². The molecular weight excluding hydrogens is 292 g/mol. The molecule has 0 heterocycles. The van der Waals surface area contributed by atoms with E-state index >= 15 is 0 Å². The Labute approximate surface area is 135 Å². The number of benzene rings is 2. The van der Waals surface area contributed by atoms with E-state index in [1.54, 1.807) is 18.2 Å². The Bertz CT molecular complexity index is 754. The van der Waals surface area contributed by atoms with E-state index in [0.717, 1.165) is 16.7 Å². The number of amides is 2. The van der Waals surface area contributed by atoms with Gasteiger partial charge in [-0.15, -0.1) is 0 Å². The summed E-state index contributed by atoms with van der Waals surface area (Å²) in [5.41, 5.74) is 4.03. The molecule has 0 saturated carbocycles. The van der Waals surface area contributed by atoms with Gasteiger partial charge in [-0.3, -0.25) is 9.59 Å². The van der Waals surface area contributed by atoms with Crippen molar-refractivity contribution in [1.29, 1.82) is 0 Å². The monoisotopic (exact) mass is 312 g/mol. The zero-order valence-corrected chi connectivity index (χ0v) is 13.7. The number of methoxy groups -OCH3 is 1. The number of carbonyl (C=O) groups is 2. The van der Waals surface area contributed by atoms with Gasteiger partial charge in [0.15, 0.2) is 0 Å².